The van der Waals surface area contributed by atoms with Crippen LogP contribution in [-0.2, 0) is 10.0 Å². The van der Waals surface area contributed by atoms with Gasteiger partial charge < -0.3 is 16.2 Å². The van der Waals surface area contributed by atoms with Gasteiger partial charge in [-0.3, -0.25) is 0 Å². The zero-order valence-corrected chi connectivity index (χ0v) is 11.9. The van der Waals surface area contributed by atoms with Crippen LogP contribution in [0.2, 0.25) is 0 Å². The van der Waals surface area contributed by atoms with Crippen LogP contribution in [0.1, 0.15) is 13.8 Å². The zero-order chi connectivity index (χ0) is 14.5. The van der Waals surface area contributed by atoms with E-state index in [1.165, 1.54) is 12.1 Å². The fourth-order valence-electron chi connectivity index (χ4n) is 1.43. The first-order chi connectivity index (χ1) is 8.86. The van der Waals surface area contributed by atoms with Crippen LogP contribution in [-0.4, -0.2) is 38.8 Å². The molecular formula is C12H21N3O3S. The summed E-state index contributed by atoms with van der Waals surface area (Å²) in [6.07, 6.45) is -0.596. The van der Waals surface area contributed by atoms with E-state index in [1.807, 2.05) is 0 Å². The first-order valence-electron chi connectivity index (χ1n) is 6.14. The lowest BCUT2D eigenvalue weighted by Gasteiger charge is -2.16. The standard InChI is InChI=1S/C12H21N3O3S/c1-3-15-19(17,18)11-6-4-10(5-7-11)14-8-12(13)9(2)16/h4-7,9,12,14-16H,3,8,13H2,1-2H3. The zero-order valence-electron chi connectivity index (χ0n) is 11.1. The molecule has 0 bridgehead atoms. The molecule has 0 saturated heterocycles. The van der Waals surface area contributed by atoms with Gasteiger partial charge in [0.05, 0.1) is 11.0 Å². The number of benzene rings is 1. The van der Waals surface area contributed by atoms with Gasteiger partial charge in [-0.25, -0.2) is 13.1 Å². The van der Waals surface area contributed by atoms with Crippen molar-refractivity contribution in [3.05, 3.63) is 24.3 Å². The molecule has 0 aliphatic carbocycles. The largest absolute Gasteiger partial charge is 0.392 e. The van der Waals surface area contributed by atoms with E-state index in [1.54, 1.807) is 26.0 Å². The maximum absolute atomic E-state index is 11.7. The summed E-state index contributed by atoms with van der Waals surface area (Å²) in [5, 5.41) is 12.3. The van der Waals surface area contributed by atoms with Gasteiger partial charge in [-0.05, 0) is 31.2 Å². The molecule has 0 heterocycles. The first-order valence-corrected chi connectivity index (χ1v) is 7.62. The highest BCUT2D eigenvalue weighted by Gasteiger charge is 2.12. The summed E-state index contributed by atoms with van der Waals surface area (Å²) < 4.78 is 25.9. The molecule has 19 heavy (non-hydrogen) atoms. The van der Waals surface area contributed by atoms with E-state index in [4.69, 9.17) is 5.73 Å². The van der Waals surface area contributed by atoms with Crippen LogP contribution in [0.15, 0.2) is 29.2 Å². The van der Waals surface area contributed by atoms with Gasteiger partial charge in [0.2, 0.25) is 10.0 Å². The Morgan fingerprint density at radius 3 is 2.37 bits per heavy atom. The van der Waals surface area contributed by atoms with Crippen LogP contribution in [0.5, 0.6) is 0 Å². The second-order valence-corrected chi connectivity index (χ2v) is 6.08. The molecule has 0 aromatic heterocycles. The number of nitrogens with two attached hydrogens (primary N) is 1. The van der Waals surface area contributed by atoms with Crippen LogP contribution < -0.4 is 15.8 Å². The van der Waals surface area contributed by atoms with Gasteiger partial charge >= 0.3 is 0 Å². The summed E-state index contributed by atoms with van der Waals surface area (Å²) in [5.74, 6) is 0. The summed E-state index contributed by atoms with van der Waals surface area (Å²) in [5.41, 5.74) is 6.44. The van der Waals surface area contributed by atoms with Crippen molar-refractivity contribution in [3.8, 4) is 0 Å². The summed E-state index contributed by atoms with van der Waals surface area (Å²) in [4.78, 5) is 0.222. The molecule has 7 heteroatoms. The molecule has 1 aromatic carbocycles. The van der Waals surface area contributed by atoms with Crippen LogP contribution in [0.25, 0.3) is 0 Å². The van der Waals surface area contributed by atoms with Crippen LogP contribution in [0, 0.1) is 0 Å². The first kappa shape index (κ1) is 15.9. The van der Waals surface area contributed by atoms with Gasteiger partial charge in [-0.15, -0.1) is 0 Å². The lowest BCUT2D eigenvalue weighted by molar-refractivity contribution is 0.168. The van der Waals surface area contributed by atoms with Gasteiger partial charge in [0.25, 0.3) is 0 Å². The van der Waals surface area contributed by atoms with E-state index < -0.39 is 16.1 Å². The van der Waals surface area contributed by atoms with Crippen molar-refractivity contribution in [1.29, 1.82) is 0 Å². The third-order valence-corrected chi connectivity index (χ3v) is 4.22. The maximum Gasteiger partial charge on any atom is 0.240 e. The van der Waals surface area contributed by atoms with Crippen molar-refractivity contribution < 1.29 is 13.5 Å². The van der Waals surface area contributed by atoms with E-state index in [-0.39, 0.29) is 10.9 Å². The van der Waals surface area contributed by atoms with Crippen molar-refractivity contribution in [2.75, 3.05) is 18.4 Å². The molecule has 0 aliphatic rings. The van der Waals surface area contributed by atoms with E-state index in [0.717, 1.165) is 5.69 Å². The average molecular weight is 287 g/mol. The van der Waals surface area contributed by atoms with Crippen molar-refractivity contribution in [1.82, 2.24) is 4.72 Å². The molecule has 108 valence electrons. The topological polar surface area (TPSA) is 104 Å². The fraction of sp³-hybridized carbons (Fsp3) is 0.500. The molecule has 0 saturated carbocycles. The molecule has 0 aliphatic heterocycles. The number of rotatable bonds is 7. The van der Waals surface area contributed by atoms with E-state index in [9.17, 15) is 13.5 Å². The third-order valence-electron chi connectivity index (χ3n) is 2.66. The van der Waals surface area contributed by atoms with Crippen molar-refractivity contribution in [2.24, 2.45) is 5.73 Å². The third kappa shape index (κ3) is 4.79. The number of hydrogen-bond donors (Lipinski definition) is 4. The number of nitrogens with one attached hydrogen (secondary N) is 2. The van der Waals surface area contributed by atoms with E-state index in [2.05, 4.69) is 10.0 Å². The average Bonchev–Trinajstić information content (AvgIpc) is 2.36. The molecule has 2 atom stereocenters. The Bertz CT molecular complexity index is 485. The van der Waals surface area contributed by atoms with Crippen molar-refractivity contribution >= 4 is 15.7 Å². The molecule has 0 fully saturated rings. The van der Waals surface area contributed by atoms with E-state index >= 15 is 0 Å². The highest BCUT2D eigenvalue weighted by Crippen LogP contribution is 2.13. The molecule has 2 unspecified atom stereocenters. The van der Waals surface area contributed by atoms with Gasteiger partial charge in [0.1, 0.15) is 0 Å². The number of aliphatic hydroxyl groups excluding tert-OH is 1. The Morgan fingerprint density at radius 2 is 1.89 bits per heavy atom. The Morgan fingerprint density at radius 1 is 1.32 bits per heavy atom. The van der Waals surface area contributed by atoms with Crippen molar-refractivity contribution in [3.63, 3.8) is 0 Å². The number of hydrogen-bond acceptors (Lipinski definition) is 5. The maximum atomic E-state index is 11.7. The Kier molecular flexibility index (Phi) is 5.74. The smallest absolute Gasteiger partial charge is 0.240 e. The molecule has 0 amide bonds. The molecule has 5 N–H and O–H groups in total. The predicted molar refractivity (Wildman–Crippen MR) is 75.5 cm³/mol. The summed E-state index contributed by atoms with van der Waals surface area (Å²) in [6, 6.07) is 6.01. The molecule has 6 nitrogen and oxygen atoms in total. The molecule has 0 radical (unpaired) electrons. The fourth-order valence-corrected chi connectivity index (χ4v) is 2.47. The summed E-state index contributed by atoms with van der Waals surface area (Å²) >= 11 is 0. The van der Waals surface area contributed by atoms with Gasteiger partial charge in [-0.1, -0.05) is 6.92 Å². The van der Waals surface area contributed by atoms with Crippen LogP contribution in [0.4, 0.5) is 5.69 Å². The Hall–Kier alpha value is -1.15. The lowest BCUT2D eigenvalue weighted by Crippen LogP contribution is -2.38. The Labute approximate surface area is 114 Å². The minimum atomic E-state index is -3.41. The number of aliphatic hydroxyl groups is 1. The molecule has 1 aromatic rings. The highest BCUT2D eigenvalue weighted by molar-refractivity contribution is 7.89. The lowest BCUT2D eigenvalue weighted by atomic mass is 10.2. The molecule has 0 spiro atoms. The molecular weight excluding hydrogens is 266 g/mol. The van der Waals surface area contributed by atoms with Gasteiger partial charge in [0.15, 0.2) is 0 Å². The monoisotopic (exact) mass is 287 g/mol. The minimum absolute atomic E-state index is 0.222. The van der Waals surface area contributed by atoms with Crippen LogP contribution in [0.3, 0.4) is 0 Å². The Balaban J connectivity index is 2.67. The summed E-state index contributed by atoms with van der Waals surface area (Å²) in [7, 11) is -3.41. The predicted octanol–water partition coefficient (Wildman–Crippen LogP) is 0.105. The van der Waals surface area contributed by atoms with Gasteiger partial charge in [0, 0.05) is 24.8 Å². The number of anilines is 1. The normalized spacial score (nSPS) is 14.9. The van der Waals surface area contributed by atoms with Crippen LogP contribution >= 0.6 is 0 Å². The van der Waals surface area contributed by atoms with Gasteiger partial charge in [-0.2, -0.15) is 0 Å². The molecule has 1 rings (SSSR count). The summed E-state index contributed by atoms with van der Waals surface area (Å²) in [6.45, 7) is 4.12. The van der Waals surface area contributed by atoms with Crippen molar-refractivity contribution in [2.45, 2.75) is 30.9 Å². The number of sulfonamides is 1. The highest BCUT2D eigenvalue weighted by atomic mass is 32.2. The minimum Gasteiger partial charge on any atom is -0.392 e. The second kappa shape index (κ2) is 6.85. The SMILES string of the molecule is CCNS(=O)(=O)c1ccc(NCC(N)C(C)O)cc1. The van der Waals surface area contributed by atoms with E-state index in [0.29, 0.717) is 13.1 Å². The quantitative estimate of drug-likeness (QED) is 0.569. The second-order valence-electron chi connectivity index (χ2n) is 4.31.